The van der Waals surface area contributed by atoms with Crippen LogP contribution in [0.1, 0.15) is 29.8 Å². The quantitative estimate of drug-likeness (QED) is 0.663. The topological polar surface area (TPSA) is 87.2 Å². The molecule has 2 amide bonds. The average Bonchev–Trinajstić information content (AvgIpc) is 2.78. The smallest absolute Gasteiger partial charge is 0.265 e. The molecule has 1 aliphatic heterocycles. The van der Waals surface area contributed by atoms with Crippen LogP contribution in [0.2, 0.25) is 0 Å². The molecule has 0 aliphatic carbocycles. The lowest BCUT2D eigenvalue weighted by molar-refractivity contribution is -0.135. The number of anilines is 1. The number of fused-ring (bicyclic) bond motifs is 1. The van der Waals surface area contributed by atoms with E-state index >= 15 is 0 Å². The monoisotopic (exact) mass is 459 g/mol. The number of rotatable bonds is 6. The van der Waals surface area contributed by atoms with E-state index in [0.717, 1.165) is 0 Å². The number of amides is 2. The highest BCUT2D eigenvalue weighted by molar-refractivity contribution is 7.89. The third-order valence-corrected chi connectivity index (χ3v) is 7.69. The maximum Gasteiger partial charge on any atom is 0.265 e. The first kappa shape index (κ1) is 23.7. The summed E-state index contributed by atoms with van der Waals surface area (Å²) >= 11 is 0. The number of nitrogens with zero attached hydrogens (tertiary/aromatic N) is 3. The number of likely N-dealkylation sites (N-methyl/N-ethyl adjacent to an activating group) is 1. The predicted molar refractivity (Wildman–Crippen MR) is 123 cm³/mol. The van der Waals surface area contributed by atoms with Gasteiger partial charge in [-0.3, -0.25) is 9.59 Å². The second-order valence-electron chi connectivity index (χ2n) is 7.79. The minimum atomic E-state index is -3.74. The van der Waals surface area contributed by atoms with Crippen molar-refractivity contribution in [1.29, 1.82) is 0 Å². The van der Waals surface area contributed by atoms with Crippen LogP contribution in [-0.2, 0) is 14.8 Å². The van der Waals surface area contributed by atoms with Gasteiger partial charge in [0.2, 0.25) is 10.0 Å². The normalized spacial score (nSPS) is 15.8. The Morgan fingerprint density at radius 2 is 1.75 bits per heavy atom. The number of carbonyl (C=O) groups excluding carboxylic acids is 2. The van der Waals surface area contributed by atoms with Gasteiger partial charge in [0.1, 0.15) is 5.75 Å². The number of hydrogen-bond acceptors (Lipinski definition) is 5. The van der Waals surface area contributed by atoms with Crippen LogP contribution in [0.4, 0.5) is 5.69 Å². The summed E-state index contributed by atoms with van der Waals surface area (Å²) in [5, 5.41) is 0. The highest BCUT2D eigenvalue weighted by atomic mass is 32.2. The van der Waals surface area contributed by atoms with Crippen molar-refractivity contribution in [2.45, 2.75) is 31.8 Å². The molecule has 8 nitrogen and oxygen atoms in total. The lowest BCUT2D eigenvalue weighted by Crippen LogP contribution is -2.50. The molecule has 1 atom stereocenters. The lowest BCUT2D eigenvalue weighted by atomic mass is 10.1. The Bertz CT molecular complexity index is 1130. The van der Waals surface area contributed by atoms with Crippen molar-refractivity contribution in [3.8, 4) is 5.75 Å². The maximum absolute atomic E-state index is 13.5. The molecular formula is C23H29N3O5S. The van der Waals surface area contributed by atoms with E-state index in [1.54, 1.807) is 71.3 Å². The van der Waals surface area contributed by atoms with Gasteiger partial charge in [-0.05, 0) is 36.8 Å². The van der Waals surface area contributed by atoms with E-state index in [1.807, 2.05) is 0 Å². The van der Waals surface area contributed by atoms with Crippen molar-refractivity contribution in [1.82, 2.24) is 9.21 Å². The highest BCUT2D eigenvalue weighted by Crippen LogP contribution is 2.35. The zero-order valence-electron chi connectivity index (χ0n) is 19.0. The fraction of sp³-hybridized carbons (Fsp3) is 0.391. The summed E-state index contributed by atoms with van der Waals surface area (Å²) < 4.78 is 33.4. The minimum Gasteiger partial charge on any atom is -0.476 e. The molecule has 0 saturated heterocycles. The number of ether oxygens (including phenoxy) is 1. The molecule has 9 heteroatoms. The van der Waals surface area contributed by atoms with E-state index in [0.29, 0.717) is 30.1 Å². The third-order valence-electron chi connectivity index (χ3n) is 5.49. The van der Waals surface area contributed by atoms with Crippen LogP contribution in [0.25, 0.3) is 0 Å². The Labute approximate surface area is 189 Å². The third kappa shape index (κ3) is 4.35. The van der Waals surface area contributed by atoms with Gasteiger partial charge in [0.25, 0.3) is 11.8 Å². The Hall–Kier alpha value is -2.91. The molecule has 32 heavy (non-hydrogen) atoms. The first-order valence-electron chi connectivity index (χ1n) is 10.5. The summed E-state index contributed by atoms with van der Waals surface area (Å²) in [7, 11) is -0.482. The van der Waals surface area contributed by atoms with Crippen molar-refractivity contribution in [2.75, 3.05) is 38.6 Å². The van der Waals surface area contributed by atoms with Crippen LogP contribution in [0.3, 0.4) is 0 Å². The number of carbonyl (C=O) groups is 2. The van der Waals surface area contributed by atoms with Crippen LogP contribution in [0.15, 0.2) is 47.4 Å². The molecule has 0 fully saturated rings. The molecule has 0 bridgehead atoms. The number of para-hydroxylation sites is 2. The second kappa shape index (κ2) is 9.30. The number of benzene rings is 2. The van der Waals surface area contributed by atoms with Gasteiger partial charge in [0.15, 0.2) is 6.10 Å². The van der Waals surface area contributed by atoms with Crippen LogP contribution in [0.5, 0.6) is 5.75 Å². The molecule has 0 N–H and O–H groups in total. The average molecular weight is 460 g/mol. The molecule has 1 aliphatic rings. The van der Waals surface area contributed by atoms with Gasteiger partial charge in [0, 0.05) is 32.7 Å². The molecule has 0 radical (unpaired) electrons. The van der Waals surface area contributed by atoms with E-state index in [4.69, 9.17) is 4.74 Å². The first-order chi connectivity index (χ1) is 15.1. The second-order valence-corrected chi connectivity index (χ2v) is 9.70. The Kier molecular flexibility index (Phi) is 6.90. The highest BCUT2D eigenvalue weighted by Gasteiger charge is 2.35. The molecule has 1 heterocycles. The largest absolute Gasteiger partial charge is 0.476 e. The van der Waals surface area contributed by atoms with Gasteiger partial charge in [-0.1, -0.05) is 32.0 Å². The van der Waals surface area contributed by atoms with E-state index in [9.17, 15) is 18.0 Å². The van der Waals surface area contributed by atoms with Gasteiger partial charge < -0.3 is 14.5 Å². The van der Waals surface area contributed by atoms with Crippen molar-refractivity contribution in [2.24, 2.45) is 0 Å². The van der Waals surface area contributed by atoms with Gasteiger partial charge in [-0.25, -0.2) is 8.42 Å². The van der Waals surface area contributed by atoms with Crippen LogP contribution in [0, 0.1) is 6.92 Å². The van der Waals surface area contributed by atoms with Crippen LogP contribution < -0.4 is 9.64 Å². The molecule has 3 rings (SSSR count). The number of sulfonamides is 1. The van der Waals surface area contributed by atoms with Gasteiger partial charge >= 0.3 is 0 Å². The molecule has 0 saturated carbocycles. The van der Waals surface area contributed by atoms with E-state index in [2.05, 4.69) is 0 Å². The van der Waals surface area contributed by atoms with Crippen molar-refractivity contribution < 1.29 is 22.7 Å². The predicted octanol–water partition coefficient (Wildman–Crippen LogP) is 2.52. The van der Waals surface area contributed by atoms with Gasteiger partial charge in [-0.2, -0.15) is 4.31 Å². The van der Waals surface area contributed by atoms with E-state index in [1.165, 1.54) is 20.2 Å². The number of aryl methyl sites for hydroxylation is 1. The SMILES string of the molecule is CCN(CC)S(=O)(=O)c1cc(C(=O)N2C[C@H](C(=O)N(C)C)Oc3ccccc32)ccc1C. The molecule has 0 unspecified atom stereocenters. The summed E-state index contributed by atoms with van der Waals surface area (Å²) in [5.41, 5.74) is 1.33. The summed E-state index contributed by atoms with van der Waals surface area (Å²) in [6, 6.07) is 11.7. The fourth-order valence-electron chi connectivity index (χ4n) is 3.71. The molecule has 172 valence electrons. The van der Waals surface area contributed by atoms with Crippen LogP contribution in [-0.4, -0.2) is 69.3 Å². The lowest BCUT2D eigenvalue weighted by Gasteiger charge is -2.35. The van der Waals surface area contributed by atoms with Crippen LogP contribution >= 0.6 is 0 Å². The summed E-state index contributed by atoms with van der Waals surface area (Å²) in [5.74, 6) is -0.227. The molecule has 2 aromatic carbocycles. The minimum absolute atomic E-state index is 0.0267. The van der Waals surface area contributed by atoms with Crippen molar-refractivity contribution in [3.05, 3.63) is 53.6 Å². The summed E-state index contributed by atoms with van der Waals surface area (Å²) in [6.07, 6.45) is -0.854. The summed E-state index contributed by atoms with van der Waals surface area (Å²) in [4.78, 5) is 29.1. The molecule has 2 aromatic rings. The standard InChI is InChI=1S/C23H29N3O5S/c1-6-25(7-2)32(29,30)21-14-17(13-12-16(21)3)22(27)26-15-20(23(28)24(4)5)31-19-11-9-8-10-18(19)26/h8-14,20H,6-7,15H2,1-5H3/t20-/m1/s1. The van der Waals surface area contributed by atoms with E-state index in [-0.39, 0.29) is 22.9 Å². The summed E-state index contributed by atoms with van der Waals surface area (Å²) in [6.45, 7) is 5.96. The van der Waals surface area contributed by atoms with Gasteiger partial charge in [-0.15, -0.1) is 0 Å². The number of hydrogen-bond donors (Lipinski definition) is 0. The van der Waals surface area contributed by atoms with Crippen molar-refractivity contribution >= 4 is 27.5 Å². The molecular weight excluding hydrogens is 430 g/mol. The maximum atomic E-state index is 13.5. The Morgan fingerprint density at radius 1 is 1.09 bits per heavy atom. The van der Waals surface area contributed by atoms with Crippen molar-refractivity contribution in [3.63, 3.8) is 0 Å². The zero-order valence-corrected chi connectivity index (χ0v) is 19.8. The Balaban J connectivity index is 2.04. The van der Waals surface area contributed by atoms with Gasteiger partial charge in [0.05, 0.1) is 17.1 Å². The van der Waals surface area contributed by atoms with E-state index < -0.39 is 22.0 Å². The zero-order chi connectivity index (χ0) is 23.6. The first-order valence-corrected chi connectivity index (χ1v) is 11.9. The Morgan fingerprint density at radius 3 is 2.38 bits per heavy atom. The molecule has 0 aromatic heterocycles. The fourth-order valence-corrected chi connectivity index (χ4v) is 5.42. The molecule has 0 spiro atoms.